The molecule has 0 saturated heterocycles. The van der Waals surface area contributed by atoms with Crippen LogP contribution in [0.4, 0.5) is 0 Å². The summed E-state index contributed by atoms with van der Waals surface area (Å²) in [5.74, 6) is 1.86. The Morgan fingerprint density at radius 3 is 1.36 bits per heavy atom. The first-order valence-corrected chi connectivity index (χ1v) is 15.0. The molecule has 5 nitrogen and oxygen atoms in total. The molecule has 218 valence electrons. The second-order valence-corrected chi connectivity index (χ2v) is 13.2. The minimum Gasteiger partial charge on any atom is -0.261 e. The molecule has 44 heavy (non-hydrogen) atoms. The Morgan fingerprint density at radius 1 is 0.432 bits per heavy atom. The van der Waals surface area contributed by atoms with Crippen LogP contribution < -0.4 is 0 Å². The van der Waals surface area contributed by atoms with Crippen molar-refractivity contribution in [3.8, 4) is 56.5 Å². The normalized spacial score (nSPS) is 11.9. The number of aromatic nitrogens is 5. The van der Waals surface area contributed by atoms with E-state index < -0.39 is 0 Å². The van der Waals surface area contributed by atoms with Gasteiger partial charge in [0.05, 0.1) is 11.9 Å². The van der Waals surface area contributed by atoms with E-state index in [4.69, 9.17) is 15.0 Å². The monoisotopic (exact) mass is 575 g/mol. The van der Waals surface area contributed by atoms with Gasteiger partial charge in [-0.05, 0) is 51.3 Å². The van der Waals surface area contributed by atoms with Gasteiger partial charge in [0.2, 0.25) is 0 Å². The Morgan fingerprint density at radius 2 is 0.886 bits per heavy atom. The third kappa shape index (κ3) is 6.32. The van der Waals surface area contributed by atoms with E-state index in [2.05, 4.69) is 87.9 Å². The lowest BCUT2D eigenvalue weighted by Crippen LogP contribution is -2.16. The van der Waals surface area contributed by atoms with Gasteiger partial charge in [0.25, 0.3) is 0 Å². The lowest BCUT2D eigenvalue weighted by atomic mass is 9.78. The molecule has 0 aliphatic rings. The second-order valence-electron chi connectivity index (χ2n) is 13.2. The molecule has 0 N–H and O–H groups in total. The molecule has 2 aromatic heterocycles. The van der Waals surface area contributed by atoms with Gasteiger partial charge in [0.1, 0.15) is 0 Å². The van der Waals surface area contributed by atoms with Crippen molar-refractivity contribution >= 4 is 0 Å². The van der Waals surface area contributed by atoms with E-state index in [-0.39, 0.29) is 10.8 Å². The van der Waals surface area contributed by atoms with Gasteiger partial charge in [-0.1, -0.05) is 120 Å². The van der Waals surface area contributed by atoms with Crippen molar-refractivity contribution in [1.82, 2.24) is 24.9 Å². The summed E-state index contributed by atoms with van der Waals surface area (Å²) in [5.41, 5.74) is 9.30. The summed E-state index contributed by atoms with van der Waals surface area (Å²) in [4.78, 5) is 24.0. The third-order valence-corrected chi connectivity index (χ3v) is 7.75. The minimum absolute atomic E-state index is 0.00919. The fourth-order valence-corrected chi connectivity index (χ4v) is 5.12. The zero-order valence-electron chi connectivity index (χ0n) is 26.2. The summed E-state index contributed by atoms with van der Waals surface area (Å²) in [5, 5.41) is 0. The maximum Gasteiger partial charge on any atom is 0.164 e. The molecule has 0 aliphatic carbocycles. The molecule has 0 atom stereocenters. The average Bonchev–Trinajstić information content (AvgIpc) is 3.04. The zero-order valence-corrected chi connectivity index (χ0v) is 26.2. The number of nitrogens with zero attached hydrogens (tertiary/aromatic N) is 5. The highest BCUT2D eigenvalue weighted by atomic mass is 15.0. The van der Waals surface area contributed by atoms with Crippen LogP contribution in [0.15, 0.2) is 116 Å². The Balaban J connectivity index is 1.61. The van der Waals surface area contributed by atoms with Crippen molar-refractivity contribution in [2.75, 3.05) is 0 Å². The predicted molar refractivity (Wildman–Crippen MR) is 180 cm³/mol. The molecule has 5 heteroatoms. The minimum atomic E-state index is -0.00919. The van der Waals surface area contributed by atoms with Gasteiger partial charge in [-0.2, -0.15) is 0 Å². The van der Waals surface area contributed by atoms with E-state index in [1.165, 1.54) is 11.1 Å². The Kier molecular flexibility index (Phi) is 7.64. The van der Waals surface area contributed by atoms with E-state index in [0.29, 0.717) is 17.5 Å². The van der Waals surface area contributed by atoms with Crippen LogP contribution in [0.1, 0.15) is 52.7 Å². The largest absolute Gasteiger partial charge is 0.261 e. The number of hydrogen-bond donors (Lipinski definition) is 0. The number of benzene rings is 4. The maximum atomic E-state index is 5.02. The summed E-state index contributed by atoms with van der Waals surface area (Å²) in [6, 6.07) is 33.6. The lowest BCUT2D eigenvalue weighted by molar-refractivity contribution is 0.569. The van der Waals surface area contributed by atoms with Gasteiger partial charge in [-0.3, -0.25) is 9.97 Å². The van der Waals surface area contributed by atoms with Crippen molar-refractivity contribution in [2.45, 2.75) is 52.4 Å². The molecule has 0 amide bonds. The van der Waals surface area contributed by atoms with Crippen molar-refractivity contribution < 1.29 is 0 Å². The third-order valence-electron chi connectivity index (χ3n) is 7.75. The molecule has 6 rings (SSSR count). The Bertz CT molecular complexity index is 1810. The van der Waals surface area contributed by atoms with Gasteiger partial charge in [-0.15, -0.1) is 0 Å². The van der Waals surface area contributed by atoms with E-state index in [1.54, 1.807) is 18.6 Å². The van der Waals surface area contributed by atoms with Gasteiger partial charge < -0.3 is 0 Å². The Hall–Kier alpha value is -5.03. The molecule has 0 unspecified atom stereocenters. The summed E-state index contributed by atoms with van der Waals surface area (Å²) >= 11 is 0. The molecule has 6 aromatic rings. The SMILES string of the molecule is CC(C)(C)c1cc(-c2cc(-c3cnccn3)cc(-c3nc(-c4ccccc4)nc(-c4ccccc4)n3)c2)cc(C(C)(C)C)c1. The standard InChI is InChI=1S/C39H37N5/c1-38(2,3)32-22-29(23-33(24-32)39(4,5)6)28-19-30(34-25-40-17-18-41-34)21-31(20-28)37-43-35(26-13-9-7-10-14-26)42-36(44-37)27-15-11-8-12-16-27/h7-25H,1-6H3. The Labute approximate surface area is 260 Å². The number of hydrogen-bond acceptors (Lipinski definition) is 5. The van der Waals surface area contributed by atoms with Gasteiger partial charge in [0, 0.05) is 34.6 Å². The van der Waals surface area contributed by atoms with Crippen LogP contribution in [0.5, 0.6) is 0 Å². The molecule has 0 aliphatic heterocycles. The summed E-state index contributed by atoms with van der Waals surface area (Å²) < 4.78 is 0. The van der Waals surface area contributed by atoms with E-state index >= 15 is 0 Å². The smallest absolute Gasteiger partial charge is 0.164 e. The predicted octanol–water partition coefficient (Wildman–Crippen LogP) is 9.59. The van der Waals surface area contributed by atoms with Gasteiger partial charge in [0.15, 0.2) is 17.5 Å². The van der Waals surface area contributed by atoms with Crippen molar-refractivity contribution in [3.05, 3.63) is 127 Å². The fraction of sp³-hybridized carbons (Fsp3) is 0.205. The molecule has 0 spiro atoms. The first kappa shape index (κ1) is 29.1. The summed E-state index contributed by atoms with van der Waals surface area (Å²) in [7, 11) is 0. The van der Waals surface area contributed by atoms with Gasteiger partial charge >= 0.3 is 0 Å². The van der Waals surface area contributed by atoms with Crippen LogP contribution >= 0.6 is 0 Å². The van der Waals surface area contributed by atoms with E-state index in [1.807, 2.05) is 60.7 Å². The lowest BCUT2D eigenvalue weighted by Gasteiger charge is -2.26. The van der Waals surface area contributed by atoms with E-state index in [9.17, 15) is 0 Å². The molecule has 0 bridgehead atoms. The van der Waals surface area contributed by atoms with Crippen LogP contribution in [-0.4, -0.2) is 24.9 Å². The van der Waals surface area contributed by atoms with Crippen molar-refractivity contribution in [1.29, 1.82) is 0 Å². The van der Waals surface area contributed by atoms with Crippen LogP contribution in [0.25, 0.3) is 56.5 Å². The topological polar surface area (TPSA) is 64.5 Å². The first-order valence-electron chi connectivity index (χ1n) is 15.0. The summed E-state index contributed by atoms with van der Waals surface area (Å²) in [6.07, 6.45) is 5.22. The number of rotatable bonds is 5. The highest BCUT2D eigenvalue weighted by Gasteiger charge is 2.22. The molecule has 2 heterocycles. The average molecular weight is 576 g/mol. The molecular formula is C39H37N5. The van der Waals surface area contributed by atoms with Crippen LogP contribution in [0.2, 0.25) is 0 Å². The highest BCUT2D eigenvalue weighted by molar-refractivity contribution is 5.80. The maximum absolute atomic E-state index is 5.02. The first-order chi connectivity index (χ1) is 21.0. The van der Waals surface area contributed by atoms with Crippen molar-refractivity contribution in [3.63, 3.8) is 0 Å². The fourth-order valence-electron chi connectivity index (χ4n) is 5.12. The van der Waals surface area contributed by atoms with E-state index in [0.717, 1.165) is 39.1 Å². The van der Waals surface area contributed by atoms with Crippen LogP contribution in [0, 0.1) is 0 Å². The molecular weight excluding hydrogens is 538 g/mol. The molecule has 4 aromatic carbocycles. The molecule has 0 saturated carbocycles. The van der Waals surface area contributed by atoms with Crippen molar-refractivity contribution in [2.24, 2.45) is 0 Å². The van der Waals surface area contributed by atoms with Crippen LogP contribution in [0.3, 0.4) is 0 Å². The summed E-state index contributed by atoms with van der Waals surface area (Å²) in [6.45, 7) is 13.6. The van der Waals surface area contributed by atoms with Gasteiger partial charge in [-0.25, -0.2) is 15.0 Å². The molecule has 0 fully saturated rings. The van der Waals surface area contributed by atoms with Crippen LogP contribution in [-0.2, 0) is 10.8 Å². The molecule has 0 radical (unpaired) electrons. The quantitative estimate of drug-likeness (QED) is 0.205. The second kappa shape index (κ2) is 11.6. The zero-order chi connectivity index (χ0) is 30.9. The highest BCUT2D eigenvalue weighted by Crippen LogP contribution is 2.37.